The van der Waals surface area contributed by atoms with Gasteiger partial charge in [-0.1, -0.05) is 13.0 Å². The summed E-state index contributed by atoms with van der Waals surface area (Å²) in [6, 6.07) is 4.24. The Balaban J connectivity index is 0.00000180. The lowest BCUT2D eigenvalue weighted by atomic mass is 9.96. The third kappa shape index (κ3) is 5.09. The predicted octanol–water partition coefficient (Wildman–Crippen LogP) is 2.63. The largest absolute Gasteiger partial charge is 0.317 e. The smallest absolute Gasteiger partial charge is 0.0417 e. The topological polar surface area (TPSA) is 28.2 Å². The lowest BCUT2D eigenvalue weighted by Crippen LogP contribution is -2.37. The van der Waals surface area contributed by atoms with Crippen LogP contribution in [0.25, 0.3) is 0 Å². The van der Waals surface area contributed by atoms with E-state index in [1.54, 1.807) is 0 Å². The highest BCUT2D eigenvalue weighted by atomic mass is 35.5. The fourth-order valence-electron chi connectivity index (χ4n) is 2.62. The maximum atomic E-state index is 4.36. The van der Waals surface area contributed by atoms with Crippen LogP contribution in [0.4, 0.5) is 0 Å². The fraction of sp³-hybridized carbons (Fsp3) is 0.667. The molecule has 0 amide bonds. The highest BCUT2D eigenvalue weighted by Gasteiger charge is 2.19. The van der Waals surface area contributed by atoms with E-state index in [9.17, 15) is 0 Å². The molecule has 0 spiro atoms. The zero-order valence-corrected chi connectivity index (χ0v) is 12.9. The maximum Gasteiger partial charge on any atom is 0.0417 e. The SMILES string of the molecule is CCNCC1CCN(Cc2cccnc2C)CC1.Cl. The van der Waals surface area contributed by atoms with E-state index in [1.165, 1.54) is 43.7 Å². The van der Waals surface area contributed by atoms with Gasteiger partial charge in [0.05, 0.1) is 0 Å². The highest BCUT2D eigenvalue weighted by molar-refractivity contribution is 5.85. The van der Waals surface area contributed by atoms with Crippen molar-refractivity contribution in [2.75, 3.05) is 26.2 Å². The first-order valence-electron chi connectivity index (χ1n) is 7.13. The number of pyridine rings is 1. The molecule has 4 heteroatoms. The molecule has 0 bridgehead atoms. The van der Waals surface area contributed by atoms with Gasteiger partial charge in [-0.3, -0.25) is 9.88 Å². The zero-order chi connectivity index (χ0) is 12.8. The average Bonchev–Trinajstić information content (AvgIpc) is 2.41. The quantitative estimate of drug-likeness (QED) is 0.900. The molecule has 1 aliphatic rings. The van der Waals surface area contributed by atoms with Gasteiger partial charge < -0.3 is 5.32 Å². The van der Waals surface area contributed by atoms with E-state index in [-0.39, 0.29) is 12.4 Å². The minimum atomic E-state index is 0. The first-order chi connectivity index (χ1) is 8.79. The number of likely N-dealkylation sites (tertiary alicyclic amines) is 1. The number of piperidine rings is 1. The molecular formula is C15H26ClN3. The molecule has 2 heterocycles. The lowest BCUT2D eigenvalue weighted by Gasteiger charge is -2.32. The normalized spacial score (nSPS) is 17.2. The second-order valence-electron chi connectivity index (χ2n) is 5.28. The molecule has 0 saturated carbocycles. The van der Waals surface area contributed by atoms with Gasteiger partial charge in [0.1, 0.15) is 0 Å². The summed E-state index contributed by atoms with van der Waals surface area (Å²) >= 11 is 0. The van der Waals surface area contributed by atoms with Crippen molar-refractivity contribution in [2.45, 2.75) is 33.2 Å². The Morgan fingerprint density at radius 2 is 2.11 bits per heavy atom. The first-order valence-corrected chi connectivity index (χ1v) is 7.13. The van der Waals surface area contributed by atoms with Gasteiger partial charge in [0.2, 0.25) is 0 Å². The van der Waals surface area contributed by atoms with Gasteiger partial charge in [-0.2, -0.15) is 0 Å². The van der Waals surface area contributed by atoms with Crippen LogP contribution in [0.5, 0.6) is 0 Å². The second kappa shape index (κ2) is 8.51. The monoisotopic (exact) mass is 283 g/mol. The van der Waals surface area contributed by atoms with E-state index < -0.39 is 0 Å². The number of aromatic nitrogens is 1. The number of hydrogen-bond acceptors (Lipinski definition) is 3. The molecule has 0 atom stereocenters. The minimum Gasteiger partial charge on any atom is -0.317 e. The van der Waals surface area contributed by atoms with Crippen molar-refractivity contribution in [2.24, 2.45) is 5.92 Å². The average molecular weight is 284 g/mol. The molecule has 0 aromatic carbocycles. The van der Waals surface area contributed by atoms with Gasteiger partial charge in [-0.25, -0.2) is 0 Å². The molecule has 2 rings (SSSR count). The van der Waals surface area contributed by atoms with Crippen LogP contribution in [0.1, 0.15) is 31.0 Å². The molecular weight excluding hydrogens is 258 g/mol. The summed E-state index contributed by atoms with van der Waals surface area (Å²) in [6.45, 7) is 10.1. The van der Waals surface area contributed by atoms with E-state index in [2.05, 4.69) is 35.1 Å². The Bertz CT molecular complexity index is 362. The molecule has 108 valence electrons. The lowest BCUT2D eigenvalue weighted by molar-refractivity contribution is 0.175. The molecule has 1 N–H and O–H groups in total. The summed E-state index contributed by atoms with van der Waals surface area (Å²) in [6.07, 6.45) is 4.53. The van der Waals surface area contributed by atoms with E-state index in [0.29, 0.717) is 0 Å². The van der Waals surface area contributed by atoms with Crippen molar-refractivity contribution in [3.05, 3.63) is 29.6 Å². The third-order valence-electron chi connectivity index (χ3n) is 3.90. The molecule has 3 nitrogen and oxygen atoms in total. The summed E-state index contributed by atoms with van der Waals surface area (Å²) in [5, 5.41) is 3.46. The standard InChI is InChI=1S/C15H25N3.ClH/c1-3-16-11-14-6-9-18(10-7-14)12-15-5-4-8-17-13(15)2;/h4-5,8,14,16H,3,6-7,9-12H2,1-2H3;1H. The molecule has 0 aliphatic carbocycles. The number of halogens is 1. The molecule has 1 aromatic heterocycles. The summed E-state index contributed by atoms with van der Waals surface area (Å²) < 4.78 is 0. The third-order valence-corrected chi connectivity index (χ3v) is 3.90. The van der Waals surface area contributed by atoms with E-state index in [4.69, 9.17) is 0 Å². The Labute approximate surface area is 123 Å². The van der Waals surface area contributed by atoms with Crippen LogP contribution >= 0.6 is 12.4 Å². The van der Waals surface area contributed by atoms with Crippen LogP contribution < -0.4 is 5.32 Å². The van der Waals surface area contributed by atoms with Crippen LogP contribution in [0.15, 0.2) is 18.3 Å². The summed E-state index contributed by atoms with van der Waals surface area (Å²) in [5.74, 6) is 0.871. The van der Waals surface area contributed by atoms with Crippen molar-refractivity contribution in [3.63, 3.8) is 0 Å². The van der Waals surface area contributed by atoms with Crippen molar-refractivity contribution >= 4 is 12.4 Å². The van der Waals surface area contributed by atoms with Gasteiger partial charge in [0.15, 0.2) is 0 Å². The zero-order valence-electron chi connectivity index (χ0n) is 12.1. The number of rotatable bonds is 5. The molecule has 0 radical (unpaired) electrons. The highest BCUT2D eigenvalue weighted by Crippen LogP contribution is 2.19. The molecule has 1 aromatic rings. The predicted molar refractivity (Wildman–Crippen MR) is 82.8 cm³/mol. The molecule has 1 saturated heterocycles. The van der Waals surface area contributed by atoms with Crippen LogP contribution in [0.3, 0.4) is 0 Å². The van der Waals surface area contributed by atoms with Crippen molar-refractivity contribution in [3.8, 4) is 0 Å². The van der Waals surface area contributed by atoms with E-state index in [0.717, 1.165) is 19.0 Å². The van der Waals surface area contributed by atoms with Gasteiger partial charge in [0, 0.05) is 18.4 Å². The Morgan fingerprint density at radius 1 is 1.37 bits per heavy atom. The van der Waals surface area contributed by atoms with Crippen molar-refractivity contribution in [1.82, 2.24) is 15.2 Å². The number of nitrogens with one attached hydrogen (secondary N) is 1. The van der Waals surface area contributed by atoms with Crippen molar-refractivity contribution < 1.29 is 0 Å². The molecule has 1 fully saturated rings. The fourth-order valence-corrected chi connectivity index (χ4v) is 2.62. The number of nitrogens with zero attached hydrogens (tertiary/aromatic N) is 2. The summed E-state index contributed by atoms with van der Waals surface area (Å²) in [5.41, 5.74) is 2.55. The number of aryl methyl sites for hydroxylation is 1. The molecule has 0 unspecified atom stereocenters. The molecule has 19 heavy (non-hydrogen) atoms. The summed E-state index contributed by atoms with van der Waals surface area (Å²) in [4.78, 5) is 6.93. The Kier molecular flexibility index (Phi) is 7.36. The van der Waals surface area contributed by atoms with Gasteiger partial charge >= 0.3 is 0 Å². The van der Waals surface area contributed by atoms with Crippen LogP contribution in [-0.2, 0) is 6.54 Å². The maximum absolute atomic E-state index is 4.36. The Hall–Kier alpha value is -0.640. The minimum absolute atomic E-state index is 0. The molecule has 1 aliphatic heterocycles. The second-order valence-corrected chi connectivity index (χ2v) is 5.28. The Morgan fingerprint density at radius 3 is 2.74 bits per heavy atom. The van der Waals surface area contributed by atoms with Crippen LogP contribution in [0, 0.1) is 12.8 Å². The van der Waals surface area contributed by atoms with Gasteiger partial charge in [0.25, 0.3) is 0 Å². The summed E-state index contributed by atoms with van der Waals surface area (Å²) in [7, 11) is 0. The van der Waals surface area contributed by atoms with Crippen LogP contribution in [-0.4, -0.2) is 36.1 Å². The van der Waals surface area contributed by atoms with Crippen molar-refractivity contribution in [1.29, 1.82) is 0 Å². The van der Waals surface area contributed by atoms with E-state index in [1.807, 2.05) is 12.3 Å². The van der Waals surface area contributed by atoms with Gasteiger partial charge in [-0.05, 0) is 63.5 Å². The van der Waals surface area contributed by atoms with Gasteiger partial charge in [-0.15, -0.1) is 12.4 Å². The van der Waals surface area contributed by atoms with Crippen LogP contribution in [0.2, 0.25) is 0 Å². The van der Waals surface area contributed by atoms with E-state index >= 15 is 0 Å². The first kappa shape index (κ1) is 16.4. The number of hydrogen-bond donors (Lipinski definition) is 1.